The second-order valence-corrected chi connectivity index (χ2v) is 5.82. The van der Waals surface area contributed by atoms with Gasteiger partial charge in [0, 0.05) is 12.0 Å². The SMILES string of the molecule is CCSCCC1(C(=O)O)CCOc2ccccc21. The number of hydrogen-bond donors (Lipinski definition) is 1. The highest BCUT2D eigenvalue weighted by atomic mass is 32.2. The van der Waals surface area contributed by atoms with Gasteiger partial charge in [-0.05, 0) is 24.0 Å². The average molecular weight is 266 g/mol. The van der Waals surface area contributed by atoms with Crippen LogP contribution in [0.25, 0.3) is 0 Å². The second-order valence-electron chi connectivity index (χ2n) is 4.43. The van der Waals surface area contributed by atoms with Crippen molar-refractivity contribution in [1.29, 1.82) is 0 Å². The molecule has 1 aromatic rings. The van der Waals surface area contributed by atoms with Gasteiger partial charge in [0.2, 0.25) is 0 Å². The molecule has 2 rings (SSSR count). The standard InChI is InChI=1S/C14H18O3S/c1-2-18-10-8-14(13(15)16)7-9-17-12-6-4-3-5-11(12)14/h3-6H,2,7-10H2,1H3,(H,15,16). The third-order valence-corrected chi connectivity index (χ3v) is 4.38. The normalized spacial score (nSPS) is 22.1. The van der Waals surface area contributed by atoms with E-state index >= 15 is 0 Å². The smallest absolute Gasteiger partial charge is 0.314 e. The zero-order valence-corrected chi connectivity index (χ0v) is 11.3. The van der Waals surface area contributed by atoms with E-state index in [-0.39, 0.29) is 0 Å². The largest absolute Gasteiger partial charge is 0.493 e. The summed E-state index contributed by atoms with van der Waals surface area (Å²) in [6, 6.07) is 7.52. The molecule has 4 heteroatoms. The predicted octanol–water partition coefficient (Wildman–Crippen LogP) is 2.93. The van der Waals surface area contributed by atoms with Crippen LogP contribution in [0.1, 0.15) is 25.3 Å². The number of fused-ring (bicyclic) bond motifs is 1. The minimum atomic E-state index is -0.767. The first-order valence-corrected chi connectivity index (χ1v) is 7.39. The van der Waals surface area contributed by atoms with Gasteiger partial charge in [0.1, 0.15) is 11.2 Å². The predicted molar refractivity (Wildman–Crippen MR) is 73.5 cm³/mol. The molecule has 18 heavy (non-hydrogen) atoms. The van der Waals surface area contributed by atoms with Gasteiger partial charge in [0.25, 0.3) is 0 Å². The van der Waals surface area contributed by atoms with Crippen LogP contribution in [-0.4, -0.2) is 29.2 Å². The third kappa shape index (κ3) is 2.34. The van der Waals surface area contributed by atoms with Crippen LogP contribution in [0.2, 0.25) is 0 Å². The quantitative estimate of drug-likeness (QED) is 0.832. The first-order chi connectivity index (χ1) is 8.70. The first-order valence-electron chi connectivity index (χ1n) is 6.24. The molecule has 3 nitrogen and oxygen atoms in total. The highest BCUT2D eigenvalue weighted by molar-refractivity contribution is 7.99. The summed E-state index contributed by atoms with van der Waals surface area (Å²) in [6.07, 6.45) is 1.23. The van der Waals surface area contributed by atoms with Gasteiger partial charge in [-0.1, -0.05) is 25.1 Å². The van der Waals surface area contributed by atoms with Crippen LogP contribution >= 0.6 is 11.8 Å². The summed E-state index contributed by atoms with van der Waals surface area (Å²) in [4.78, 5) is 11.8. The lowest BCUT2D eigenvalue weighted by atomic mass is 9.74. The van der Waals surface area contributed by atoms with E-state index in [0.29, 0.717) is 19.4 Å². The number of carbonyl (C=O) groups is 1. The van der Waals surface area contributed by atoms with Gasteiger partial charge < -0.3 is 9.84 Å². The van der Waals surface area contributed by atoms with Crippen molar-refractivity contribution in [1.82, 2.24) is 0 Å². The Bertz CT molecular complexity index is 433. The van der Waals surface area contributed by atoms with Gasteiger partial charge >= 0.3 is 5.97 Å². The molecule has 1 aromatic carbocycles. The first kappa shape index (κ1) is 13.3. The molecule has 1 aliphatic heterocycles. The molecule has 98 valence electrons. The number of hydrogen-bond acceptors (Lipinski definition) is 3. The molecule has 1 atom stereocenters. The Balaban J connectivity index is 2.33. The van der Waals surface area contributed by atoms with Crippen molar-refractivity contribution in [2.24, 2.45) is 0 Å². The van der Waals surface area contributed by atoms with Crippen molar-refractivity contribution in [2.45, 2.75) is 25.2 Å². The van der Waals surface area contributed by atoms with Gasteiger partial charge in [-0.3, -0.25) is 4.79 Å². The number of aliphatic carboxylic acids is 1. The molecule has 0 amide bonds. The molecule has 0 saturated carbocycles. The number of ether oxygens (including phenoxy) is 1. The Morgan fingerprint density at radius 1 is 1.50 bits per heavy atom. The Hall–Kier alpha value is -1.16. The lowest BCUT2D eigenvalue weighted by Crippen LogP contribution is -2.41. The molecule has 0 radical (unpaired) electrons. The Morgan fingerprint density at radius 2 is 2.28 bits per heavy atom. The molecule has 0 aromatic heterocycles. The lowest BCUT2D eigenvalue weighted by Gasteiger charge is -2.35. The Morgan fingerprint density at radius 3 is 3.00 bits per heavy atom. The Kier molecular flexibility index (Phi) is 4.17. The van der Waals surface area contributed by atoms with E-state index in [0.717, 1.165) is 22.8 Å². The summed E-state index contributed by atoms with van der Waals surface area (Å²) in [5.74, 6) is 1.90. The number of benzene rings is 1. The Labute approximate surface area is 112 Å². The fourth-order valence-corrected chi connectivity index (χ4v) is 3.22. The zero-order valence-electron chi connectivity index (χ0n) is 10.5. The minimum absolute atomic E-state index is 0.486. The summed E-state index contributed by atoms with van der Waals surface area (Å²) in [5.41, 5.74) is 0.0669. The maximum absolute atomic E-state index is 11.8. The fraction of sp³-hybridized carbons (Fsp3) is 0.500. The molecule has 0 bridgehead atoms. The molecule has 1 unspecified atom stereocenters. The van der Waals surface area contributed by atoms with E-state index in [2.05, 4.69) is 6.92 Å². The monoisotopic (exact) mass is 266 g/mol. The molecule has 0 fully saturated rings. The van der Waals surface area contributed by atoms with Gasteiger partial charge in [0.15, 0.2) is 0 Å². The van der Waals surface area contributed by atoms with Crippen LogP contribution in [0, 0.1) is 0 Å². The van der Waals surface area contributed by atoms with Crippen LogP contribution in [-0.2, 0) is 10.2 Å². The van der Waals surface area contributed by atoms with E-state index in [1.165, 1.54) is 0 Å². The van der Waals surface area contributed by atoms with Crippen LogP contribution in [0.3, 0.4) is 0 Å². The molecule has 0 aliphatic carbocycles. The van der Waals surface area contributed by atoms with E-state index in [9.17, 15) is 9.90 Å². The van der Waals surface area contributed by atoms with Crippen LogP contribution in [0.15, 0.2) is 24.3 Å². The number of para-hydroxylation sites is 1. The van der Waals surface area contributed by atoms with E-state index < -0.39 is 11.4 Å². The zero-order chi connectivity index (χ0) is 13.0. The fourth-order valence-electron chi connectivity index (χ4n) is 2.44. The summed E-state index contributed by atoms with van der Waals surface area (Å²) in [6.45, 7) is 2.58. The number of carboxylic acids is 1. The van der Waals surface area contributed by atoms with E-state index in [1.54, 1.807) is 11.8 Å². The van der Waals surface area contributed by atoms with Gasteiger partial charge in [-0.2, -0.15) is 11.8 Å². The van der Waals surface area contributed by atoms with E-state index in [4.69, 9.17) is 4.74 Å². The second kappa shape index (κ2) is 5.65. The number of thioether (sulfide) groups is 1. The van der Waals surface area contributed by atoms with Gasteiger partial charge in [-0.15, -0.1) is 0 Å². The van der Waals surface area contributed by atoms with Crippen molar-refractivity contribution in [3.8, 4) is 5.75 Å². The van der Waals surface area contributed by atoms with Crippen molar-refractivity contribution >= 4 is 17.7 Å². The average Bonchev–Trinajstić information content (AvgIpc) is 2.39. The molecule has 0 saturated heterocycles. The molecule has 1 aliphatic rings. The minimum Gasteiger partial charge on any atom is -0.493 e. The van der Waals surface area contributed by atoms with Crippen LogP contribution < -0.4 is 4.74 Å². The van der Waals surface area contributed by atoms with Crippen molar-refractivity contribution in [3.63, 3.8) is 0 Å². The van der Waals surface area contributed by atoms with Crippen LogP contribution in [0.4, 0.5) is 0 Å². The molecule has 1 N–H and O–H groups in total. The molecule has 1 heterocycles. The highest BCUT2D eigenvalue weighted by Gasteiger charge is 2.44. The maximum atomic E-state index is 11.8. The van der Waals surface area contributed by atoms with Crippen molar-refractivity contribution < 1.29 is 14.6 Å². The maximum Gasteiger partial charge on any atom is 0.314 e. The third-order valence-electron chi connectivity index (χ3n) is 3.48. The van der Waals surface area contributed by atoms with Crippen molar-refractivity contribution in [3.05, 3.63) is 29.8 Å². The summed E-state index contributed by atoms with van der Waals surface area (Å²) < 4.78 is 5.57. The summed E-state index contributed by atoms with van der Waals surface area (Å²) in [5, 5.41) is 9.67. The summed E-state index contributed by atoms with van der Waals surface area (Å²) >= 11 is 1.79. The summed E-state index contributed by atoms with van der Waals surface area (Å²) in [7, 11) is 0. The molecular weight excluding hydrogens is 248 g/mol. The van der Waals surface area contributed by atoms with Gasteiger partial charge in [0.05, 0.1) is 6.61 Å². The number of carboxylic acid groups (broad SMARTS) is 1. The van der Waals surface area contributed by atoms with Crippen molar-refractivity contribution in [2.75, 3.05) is 18.1 Å². The highest BCUT2D eigenvalue weighted by Crippen LogP contribution is 2.42. The van der Waals surface area contributed by atoms with E-state index in [1.807, 2.05) is 24.3 Å². The lowest BCUT2D eigenvalue weighted by molar-refractivity contribution is -0.145. The number of rotatable bonds is 5. The molecular formula is C14H18O3S. The molecule has 0 spiro atoms. The van der Waals surface area contributed by atoms with Gasteiger partial charge in [-0.25, -0.2) is 0 Å². The van der Waals surface area contributed by atoms with Crippen LogP contribution in [0.5, 0.6) is 5.75 Å². The topological polar surface area (TPSA) is 46.5 Å².